The lowest BCUT2D eigenvalue weighted by molar-refractivity contribution is 0.278. The Hall–Kier alpha value is -0.470. The Morgan fingerprint density at radius 1 is 1.30 bits per heavy atom. The van der Waals surface area contributed by atoms with Gasteiger partial charge in [0.05, 0.1) is 0 Å². The summed E-state index contributed by atoms with van der Waals surface area (Å²) in [6, 6.07) is 7.14. The minimum absolute atomic E-state index is 0. The molecule has 0 aliphatic carbocycles. The van der Waals surface area contributed by atoms with E-state index in [1.807, 2.05) is 7.05 Å². The fourth-order valence-corrected chi connectivity index (χ4v) is 2.71. The van der Waals surface area contributed by atoms with E-state index >= 15 is 0 Å². The summed E-state index contributed by atoms with van der Waals surface area (Å²) in [5.41, 5.74) is 2.60. The van der Waals surface area contributed by atoms with Gasteiger partial charge in [0.1, 0.15) is 0 Å². The summed E-state index contributed by atoms with van der Waals surface area (Å²) in [6.45, 7) is 9.21. The van der Waals surface area contributed by atoms with Crippen molar-refractivity contribution in [3.05, 3.63) is 29.3 Å². The van der Waals surface area contributed by atoms with Gasteiger partial charge in [-0.3, -0.25) is 4.99 Å². The number of guanidine groups is 1. The molecule has 0 fully saturated rings. The second-order valence-corrected chi connectivity index (χ2v) is 6.59. The first-order chi connectivity index (χ1) is 10.5. The third kappa shape index (κ3) is 8.26. The zero-order valence-corrected chi connectivity index (χ0v) is 18.3. The molecule has 0 spiro atoms. The van der Waals surface area contributed by atoms with Crippen LogP contribution in [0.2, 0.25) is 0 Å². The first-order valence-electron chi connectivity index (χ1n) is 7.76. The highest BCUT2D eigenvalue weighted by Crippen LogP contribution is 2.21. The van der Waals surface area contributed by atoms with Gasteiger partial charge >= 0.3 is 0 Å². The number of hydrogen-bond donors (Lipinski definition) is 2. The van der Waals surface area contributed by atoms with E-state index < -0.39 is 0 Å². The van der Waals surface area contributed by atoms with E-state index in [0.29, 0.717) is 6.04 Å². The number of nitrogens with zero attached hydrogens (tertiary/aromatic N) is 2. The molecule has 4 nitrogen and oxygen atoms in total. The highest BCUT2D eigenvalue weighted by atomic mass is 127. The zero-order chi connectivity index (χ0) is 16.5. The van der Waals surface area contributed by atoms with E-state index in [0.717, 1.165) is 25.6 Å². The number of nitrogens with one attached hydrogen (secondary N) is 2. The summed E-state index contributed by atoms with van der Waals surface area (Å²) < 4.78 is 0. The molecule has 0 unspecified atom stereocenters. The van der Waals surface area contributed by atoms with Gasteiger partial charge in [0.25, 0.3) is 0 Å². The number of aryl methyl sites for hydroxylation is 1. The van der Waals surface area contributed by atoms with Gasteiger partial charge in [-0.2, -0.15) is 0 Å². The number of likely N-dealkylation sites (N-methyl/N-ethyl adjacent to an activating group) is 1. The monoisotopic (exact) mass is 450 g/mol. The summed E-state index contributed by atoms with van der Waals surface area (Å²) in [4.78, 5) is 7.92. The number of thioether (sulfide) groups is 1. The van der Waals surface area contributed by atoms with Crippen molar-refractivity contribution >= 4 is 41.7 Å². The van der Waals surface area contributed by atoms with Crippen molar-refractivity contribution < 1.29 is 0 Å². The van der Waals surface area contributed by atoms with Gasteiger partial charge in [-0.25, -0.2) is 0 Å². The molecule has 0 heterocycles. The van der Waals surface area contributed by atoms with Crippen LogP contribution in [0.4, 0.5) is 0 Å². The summed E-state index contributed by atoms with van der Waals surface area (Å²) in [5.74, 6) is 0.852. The van der Waals surface area contributed by atoms with Crippen molar-refractivity contribution in [2.75, 3.05) is 33.4 Å². The van der Waals surface area contributed by atoms with Crippen LogP contribution >= 0.6 is 35.7 Å². The number of aliphatic imine (C=N–C) groups is 1. The Labute approximate surface area is 162 Å². The molecule has 0 saturated carbocycles. The fraction of sp³-hybridized carbons (Fsp3) is 0.588. The van der Waals surface area contributed by atoms with Crippen molar-refractivity contribution in [1.29, 1.82) is 0 Å². The van der Waals surface area contributed by atoms with Crippen molar-refractivity contribution in [3.63, 3.8) is 0 Å². The van der Waals surface area contributed by atoms with Crippen LogP contribution in [0.1, 0.15) is 25.0 Å². The van der Waals surface area contributed by atoms with Gasteiger partial charge in [0.15, 0.2) is 5.96 Å². The van der Waals surface area contributed by atoms with Gasteiger partial charge in [0.2, 0.25) is 0 Å². The van der Waals surface area contributed by atoms with E-state index in [-0.39, 0.29) is 24.0 Å². The highest BCUT2D eigenvalue weighted by Gasteiger charge is 2.05. The lowest BCUT2D eigenvalue weighted by atomic mass is 10.1. The molecule has 23 heavy (non-hydrogen) atoms. The molecule has 0 atom stereocenters. The first kappa shape index (κ1) is 22.5. The molecule has 2 N–H and O–H groups in total. The molecule has 0 amide bonds. The fourth-order valence-electron chi connectivity index (χ4n) is 2.01. The third-order valence-electron chi connectivity index (χ3n) is 3.75. The maximum Gasteiger partial charge on any atom is 0.191 e. The van der Waals surface area contributed by atoms with Gasteiger partial charge in [-0.15, -0.1) is 35.7 Å². The molecule has 1 aromatic carbocycles. The van der Waals surface area contributed by atoms with Crippen molar-refractivity contribution in [2.45, 2.75) is 38.3 Å². The standard InChI is InChI=1S/C17H30N4S.HI/c1-13(2)21(5)10-9-19-17(18-4)20-12-15-8-7-14(3)11-16(15)22-6;/h7-8,11,13H,9-10,12H2,1-6H3,(H2,18,19,20);1H. The Bertz CT molecular complexity index is 491. The van der Waals surface area contributed by atoms with Crippen molar-refractivity contribution in [3.8, 4) is 0 Å². The molecule has 1 rings (SSSR count). The van der Waals surface area contributed by atoms with Crippen LogP contribution in [0.5, 0.6) is 0 Å². The van der Waals surface area contributed by atoms with Crippen LogP contribution in [0.3, 0.4) is 0 Å². The molecule has 132 valence electrons. The molecule has 0 aliphatic heterocycles. The predicted molar refractivity (Wildman–Crippen MR) is 114 cm³/mol. The van der Waals surface area contributed by atoms with Crippen LogP contribution in [0, 0.1) is 6.92 Å². The van der Waals surface area contributed by atoms with Crippen LogP contribution < -0.4 is 10.6 Å². The van der Waals surface area contributed by atoms with Gasteiger partial charge in [-0.05, 0) is 51.3 Å². The second-order valence-electron chi connectivity index (χ2n) is 5.74. The normalized spacial score (nSPS) is 11.6. The maximum absolute atomic E-state index is 4.29. The zero-order valence-electron chi connectivity index (χ0n) is 15.1. The van der Waals surface area contributed by atoms with E-state index in [9.17, 15) is 0 Å². The van der Waals surface area contributed by atoms with E-state index in [1.165, 1.54) is 16.0 Å². The minimum atomic E-state index is 0. The Morgan fingerprint density at radius 2 is 2.00 bits per heavy atom. The van der Waals surface area contributed by atoms with Crippen molar-refractivity contribution in [1.82, 2.24) is 15.5 Å². The number of hydrogen-bond acceptors (Lipinski definition) is 3. The molecule has 0 aromatic heterocycles. The summed E-state index contributed by atoms with van der Waals surface area (Å²) in [5, 5.41) is 6.75. The topological polar surface area (TPSA) is 39.7 Å². The maximum atomic E-state index is 4.29. The molecule has 1 aromatic rings. The van der Waals surface area contributed by atoms with E-state index in [4.69, 9.17) is 0 Å². The summed E-state index contributed by atoms with van der Waals surface area (Å²) in [7, 11) is 3.95. The first-order valence-corrected chi connectivity index (χ1v) is 8.98. The van der Waals surface area contributed by atoms with E-state index in [1.54, 1.807) is 11.8 Å². The van der Waals surface area contributed by atoms with Gasteiger partial charge in [-0.1, -0.05) is 12.1 Å². The third-order valence-corrected chi connectivity index (χ3v) is 4.57. The molecular weight excluding hydrogens is 419 g/mol. The smallest absolute Gasteiger partial charge is 0.191 e. The molecule has 0 saturated heterocycles. The summed E-state index contributed by atoms with van der Waals surface area (Å²) in [6.07, 6.45) is 2.12. The van der Waals surface area contributed by atoms with Gasteiger partial charge < -0.3 is 15.5 Å². The number of rotatable bonds is 7. The highest BCUT2D eigenvalue weighted by molar-refractivity contribution is 14.0. The minimum Gasteiger partial charge on any atom is -0.355 e. The Balaban J connectivity index is 0.00000484. The quantitative estimate of drug-likeness (QED) is 0.289. The van der Waals surface area contributed by atoms with Crippen molar-refractivity contribution in [2.24, 2.45) is 4.99 Å². The Morgan fingerprint density at radius 3 is 2.57 bits per heavy atom. The van der Waals surface area contributed by atoms with Crippen LogP contribution in [-0.2, 0) is 6.54 Å². The lowest BCUT2D eigenvalue weighted by Crippen LogP contribution is -2.41. The average molecular weight is 450 g/mol. The Kier molecular flexibility index (Phi) is 11.7. The SMILES string of the molecule is CN=C(NCCN(C)C(C)C)NCc1ccc(C)cc1SC.I. The lowest BCUT2D eigenvalue weighted by Gasteiger charge is -2.21. The van der Waals surface area contributed by atoms with E-state index in [2.05, 4.69) is 72.8 Å². The van der Waals surface area contributed by atoms with Crippen LogP contribution in [0.25, 0.3) is 0 Å². The van der Waals surface area contributed by atoms with Crippen LogP contribution in [-0.4, -0.2) is 50.3 Å². The average Bonchev–Trinajstić information content (AvgIpc) is 2.51. The molecule has 0 radical (unpaired) electrons. The largest absolute Gasteiger partial charge is 0.355 e. The molecule has 0 aliphatic rings. The van der Waals surface area contributed by atoms with Crippen LogP contribution in [0.15, 0.2) is 28.1 Å². The predicted octanol–water partition coefficient (Wildman–Crippen LogP) is 3.34. The van der Waals surface area contributed by atoms with Gasteiger partial charge in [0, 0.05) is 37.6 Å². The summed E-state index contributed by atoms with van der Waals surface area (Å²) >= 11 is 1.79. The molecule has 6 heteroatoms. The number of benzene rings is 1. The molecular formula is C17H31IN4S. The molecule has 0 bridgehead atoms. The number of halogens is 1. The second kappa shape index (κ2) is 12.0.